The van der Waals surface area contributed by atoms with Crippen molar-refractivity contribution in [3.63, 3.8) is 0 Å². The van der Waals surface area contributed by atoms with Gasteiger partial charge >= 0.3 is 0 Å². The fourth-order valence-corrected chi connectivity index (χ4v) is 3.70. The molecule has 0 atom stereocenters. The SMILES string of the molecule is CCCOc1ccccc1NC(=O)CCc1c(C)nc2c3ccccc3nn2c1C. The number of para-hydroxylation sites is 2. The molecule has 2 aromatic heterocycles. The molecule has 4 aromatic rings. The van der Waals surface area contributed by atoms with Crippen molar-refractivity contribution in [2.24, 2.45) is 0 Å². The van der Waals surface area contributed by atoms with Crippen LogP contribution in [0, 0.1) is 13.8 Å². The Morgan fingerprint density at radius 1 is 1.10 bits per heavy atom. The van der Waals surface area contributed by atoms with E-state index in [1.807, 2.05) is 66.9 Å². The van der Waals surface area contributed by atoms with Crippen LogP contribution in [0.5, 0.6) is 5.75 Å². The van der Waals surface area contributed by atoms with Gasteiger partial charge in [0, 0.05) is 23.2 Å². The van der Waals surface area contributed by atoms with Crippen molar-refractivity contribution in [1.29, 1.82) is 0 Å². The van der Waals surface area contributed by atoms with E-state index in [4.69, 9.17) is 9.72 Å². The van der Waals surface area contributed by atoms with E-state index in [2.05, 4.69) is 17.3 Å². The number of aryl methyl sites for hydroxylation is 2. The summed E-state index contributed by atoms with van der Waals surface area (Å²) in [4.78, 5) is 17.4. The molecule has 0 unspecified atom stereocenters. The van der Waals surface area contributed by atoms with Gasteiger partial charge in [0.1, 0.15) is 5.75 Å². The third-order valence-corrected chi connectivity index (χ3v) is 5.24. The minimum Gasteiger partial charge on any atom is -0.491 e. The topological polar surface area (TPSA) is 68.5 Å². The first-order valence-electron chi connectivity index (χ1n) is 10.3. The maximum atomic E-state index is 12.6. The highest BCUT2D eigenvalue weighted by Crippen LogP contribution is 2.25. The number of carbonyl (C=O) groups is 1. The maximum Gasteiger partial charge on any atom is 0.224 e. The van der Waals surface area contributed by atoms with E-state index in [1.54, 1.807) is 0 Å². The van der Waals surface area contributed by atoms with Crippen molar-refractivity contribution < 1.29 is 9.53 Å². The molecule has 0 saturated heterocycles. The number of benzene rings is 2. The maximum absolute atomic E-state index is 12.6. The van der Waals surface area contributed by atoms with Gasteiger partial charge in [0.25, 0.3) is 0 Å². The standard InChI is InChI=1S/C24H26N4O2/c1-4-15-30-22-12-8-7-11-21(22)26-23(29)14-13-18-16(2)25-24-19-9-5-6-10-20(19)27-28(24)17(18)3/h5-12H,4,13-15H2,1-3H3,(H,26,29). The van der Waals surface area contributed by atoms with Crippen LogP contribution in [0.25, 0.3) is 16.6 Å². The van der Waals surface area contributed by atoms with Gasteiger partial charge in [0.05, 0.1) is 17.8 Å². The van der Waals surface area contributed by atoms with Gasteiger partial charge in [-0.1, -0.05) is 31.2 Å². The Balaban J connectivity index is 1.52. The van der Waals surface area contributed by atoms with Crippen LogP contribution < -0.4 is 10.1 Å². The summed E-state index contributed by atoms with van der Waals surface area (Å²) < 4.78 is 7.62. The monoisotopic (exact) mass is 402 g/mol. The second-order valence-corrected chi connectivity index (χ2v) is 7.41. The zero-order chi connectivity index (χ0) is 21.1. The van der Waals surface area contributed by atoms with Gasteiger partial charge in [-0.15, -0.1) is 0 Å². The van der Waals surface area contributed by atoms with Gasteiger partial charge < -0.3 is 10.1 Å². The minimum absolute atomic E-state index is 0.0490. The third-order valence-electron chi connectivity index (χ3n) is 5.24. The van der Waals surface area contributed by atoms with Crippen molar-refractivity contribution >= 4 is 28.1 Å². The quantitative estimate of drug-likeness (QED) is 0.479. The molecule has 6 nitrogen and oxygen atoms in total. The number of aromatic nitrogens is 3. The van der Waals surface area contributed by atoms with Crippen molar-refractivity contribution in [3.05, 3.63) is 65.5 Å². The number of rotatable bonds is 7. The van der Waals surface area contributed by atoms with E-state index in [1.165, 1.54) is 0 Å². The molecule has 2 aromatic carbocycles. The number of nitrogens with one attached hydrogen (secondary N) is 1. The van der Waals surface area contributed by atoms with E-state index >= 15 is 0 Å². The Morgan fingerprint density at radius 2 is 1.87 bits per heavy atom. The van der Waals surface area contributed by atoms with Gasteiger partial charge in [0.15, 0.2) is 5.65 Å². The van der Waals surface area contributed by atoms with Crippen molar-refractivity contribution in [1.82, 2.24) is 14.6 Å². The lowest BCUT2D eigenvalue weighted by atomic mass is 10.1. The zero-order valence-corrected chi connectivity index (χ0v) is 17.6. The smallest absolute Gasteiger partial charge is 0.224 e. The summed E-state index contributed by atoms with van der Waals surface area (Å²) in [6, 6.07) is 15.5. The number of ether oxygens (including phenoxy) is 1. The molecule has 2 heterocycles. The highest BCUT2D eigenvalue weighted by molar-refractivity contribution is 5.93. The first-order chi connectivity index (χ1) is 14.6. The molecule has 1 N–H and O–H groups in total. The van der Waals surface area contributed by atoms with Crippen LogP contribution in [0.4, 0.5) is 5.69 Å². The molecule has 0 bridgehead atoms. The Hall–Kier alpha value is -3.41. The third kappa shape index (κ3) is 3.85. The van der Waals surface area contributed by atoms with Gasteiger partial charge in [-0.05, 0) is 56.5 Å². The molecule has 0 spiro atoms. The molecule has 0 aliphatic rings. The molecule has 0 aliphatic carbocycles. The van der Waals surface area contributed by atoms with E-state index in [-0.39, 0.29) is 5.91 Å². The molecule has 0 saturated carbocycles. The van der Waals surface area contributed by atoms with Crippen molar-refractivity contribution in [2.45, 2.75) is 40.0 Å². The first-order valence-corrected chi connectivity index (χ1v) is 10.3. The Kier molecular flexibility index (Phi) is 5.65. The molecule has 0 fully saturated rings. The van der Waals surface area contributed by atoms with E-state index in [0.717, 1.165) is 39.9 Å². The number of carbonyl (C=O) groups excluding carboxylic acids is 1. The second kappa shape index (κ2) is 8.53. The van der Waals surface area contributed by atoms with Crippen LogP contribution in [0.15, 0.2) is 48.5 Å². The van der Waals surface area contributed by atoms with E-state index in [0.29, 0.717) is 30.9 Å². The molecular formula is C24H26N4O2. The van der Waals surface area contributed by atoms with Crippen LogP contribution >= 0.6 is 0 Å². The lowest BCUT2D eigenvalue weighted by Crippen LogP contribution is -2.15. The van der Waals surface area contributed by atoms with Crippen LogP contribution in [0.1, 0.15) is 36.7 Å². The highest BCUT2D eigenvalue weighted by Gasteiger charge is 2.15. The van der Waals surface area contributed by atoms with Crippen LogP contribution in [-0.2, 0) is 11.2 Å². The number of anilines is 1. The first kappa shape index (κ1) is 19.9. The normalized spacial score (nSPS) is 11.2. The average Bonchev–Trinajstić information content (AvgIpc) is 3.12. The highest BCUT2D eigenvalue weighted by atomic mass is 16.5. The predicted octanol–water partition coefficient (Wildman–Crippen LogP) is 4.86. The van der Waals surface area contributed by atoms with E-state index < -0.39 is 0 Å². The largest absolute Gasteiger partial charge is 0.491 e. The number of amides is 1. The minimum atomic E-state index is -0.0490. The molecule has 30 heavy (non-hydrogen) atoms. The van der Waals surface area contributed by atoms with Gasteiger partial charge in [0.2, 0.25) is 5.91 Å². The van der Waals surface area contributed by atoms with Gasteiger partial charge in [-0.3, -0.25) is 4.79 Å². The van der Waals surface area contributed by atoms with E-state index in [9.17, 15) is 4.79 Å². The lowest BCUT2D eigenvalue weighted by molar-refractivity contribution is -0.116. The summed E-state index contributed by atoms with van der Waals surface area (Å²) in [6.45, 7) is 6.71. The number of hydrogen-bond donors (Lipinski definition) is 1. The van der Waals surface area contributed by atoms with Crippen molar-refractivity contribution in [2.75, 3.05) is 11.9 Å². The second-order valence-electron chi connectivity index (χ2n) is 7.41. The summed E-state index contributed by atoms with van der Waals surface area (Å²) in [5.74, 6) is 0.651. The summed E-state index contributed by atoms with van der Waals surface area (Å²) in [7, 11) is 0. The summed E-state index contributed by atoms with van der Waals surface area (Å²) in [5, 5.41) is 8.71. The molecule has 6 heteroatoms. The van der Waals surface area contributed by atoms with Crippen LogP contribution in [-0.4, -0.2) is 27.1 Å². The van der Waals surface area contributed by atoms with Crippen LogP contribution in [0.3, 0.4) is 0 Å². The zero-order valence-electron chi connectivity index (χ0n) is 17.6. The molecule has 154 valence electrons. The van der Waals surface area contributed by atoms with Crippen molar-refractivity contribution in [3.8, 4) is 5.75 Å². The summed E-state index contributed by atoms with van der Waals surface area (Å²) in [5.41, 5.74) is 5.50. The van der Waals surface area contributed by atoms with Gasteiger partial charge in [-0.25, -0.2) is 9.50 Å². The predicted molar refractivity (Wildman–Crippen MR) is 119 cm³/mol. The van der Waals surface area contributed by atoms with Crippen LogP contribution in [0.2, 0.25) is 0 Å². The fourth-order valence-electron chi connectivity index (χ4n) is 3.70. The number of fused-ring (bicyclic) bond motifs is 3. The molecule has 4 rings (SSSR count). The summed E-state index contributed by atoms with van der Waals surface area (Å²) >= 11 is 0. The molecule has 0 aliphatic heterocycles. The Bertz CT molecular complexity index is 1210. The number of hydrogen-bond acceptors (Lipinski definition) is 4. The molecular weight excluding hydrogens is 376 g/mol. The Morgan fingerprint density at radius 3 is 2.70 bits per heavy atom. The molecule has 1 amide bonds. The fraction of sp³-hybridized carbons (Fsp3) is 0.292. The average molecular weight is 402 g/mol. The summed E-state index contributed by atoms with van der Waals surface area (Å²) in [6.07, 6.45) is 1.87. The molecule has 0 radical (unpaired) electrons. The lowest BCUT2D eigenvalue weighted by Gasteiger charge is -2.13. The Labute approximate surface area is 175 Å². The number of nitrogens with zero attached hydrogens (tertiary/aromatic N) is 3. The van der Waals surface area contributed by atoms with Gasteiger partial charge in [-0.2, -0.15) is 5.10 Å².